The Bertz CT molecular complexity index is 576. The highest BCUT2D eigenvalue weighted by atomic mass is 16.4. The van der Waals surface area contributed by atoms with Crippen LogP contribution in [0.15, 0.2) is 36.5 Å². The van der Waals surface area contributed by atoms with Crippen molar-refractivity contribution >= 4 is 22.6 Å². The number of aliphatic carboxylic acids is 1. The van der Waals surface area contributed by atoms with Crippen LogP contribution in [0.4, 0.5) is 5.69 Å². The summed E-state index contributed by atoms with van der Waals surface area (Å²) in [6, 6.07) is 9.63. The summed E-state index contributed by atoms with van der Waals surface area (Å²) in [5.41, 5.74) is 1.84. The zero-order valence-corrected chi connectivity index (χ0v) is 11.1. The van der Waals surface area contributed by atoms with E-state index < -0.39 is 5.97 Å². The molecule has 2 aromatic rings. The number of carboxylic acid groups (broad SMARTS) is 1. The molecular weight excluding hydrogens is 240 g/mol. The van der Waals surface area contributed by atoms with Crippen molar-refractivity contribution in [3.8, 4) is 0 Å². The van der Waals surface area contributed by atoms with Gasteiger partial charge in [0.2, 0.25) is 0 Å². The van der Waals surface area contributed by atoms with E-state index in [2.05, 4.69) is 10.3 Å². The fourth-order valence-electron chi connectivity index (χ4n) is 2.06. The van der Waals surface area contributed by atoms with Crippen LogP contribution < -0.4 is 5.32 Å². The molecule has 2 rings (SSSR count). The van der Waals surface area contributed by atoms with Crippen LogP contribution in [-0.4, -0.2) is 22.1 Å². The van der Waals surface area contributed by atoms with Gasteiger partial charge in [0, 0.05) is 23.3 Å². The van der Waals surface area contributed by atoms with E-state index in [0.29, 0.717) is 0 Å². The van der Waals surface area contributed by atoms with Gasteiger partial charge in [-0.2, -0.15) is 0 Å². The molecule has 4 nitrogen and oxygen atoms in total. The third kappa shape index (κ3) is 3.22. The summed E-state index contributed by atoms with van der Waals surface area (Å²) >= 11 is 0. The third-order valence-corrected chi connectivity index (χ3v) is 3.19. The predicted molar refractivity (Wildman–Crippen MR) is 76.2 cm³/mol. The van der Waals surface area contributed by atoms with E-state index in [0.717, 1.165) is 16.6 Å². The molecule has 0 saturated heterocycles. The molecule has 1 heterocycles. The van der Waals surface area contributed by atoms with Crippen LogP contribution in [0.3, 0.4) is 0 Å². The summed E-state index contributed by atoms with van der Waals surface area (Å²) in [5.74, 6) is -0.549. The summed E-state index contributed by atoms with van der Waals surface area (Å²) in [4.78, 5) is 15.2. The lowest BCUT2D eigenvalue weighted by Gasteiger charge is -2.22. The van der Waals surface area contributed by atoms with Crippen molar-refractivity contribution in [1.82, 2.24) is 4.98 Å². The molecule has 0 fully saturated rings. The molecule has 1 aromatic carbocycles. The van der Waals surface area contributed by atoms with Gasteiger partial charge in [0.1, 0.15) is 0 Å². The number of pyridine rings is 1. The van der Waals surface area contributed by atoms with Gasteiger partial charge in [-0.25, -0.2) is 0 Å². The molecule has 0 aliphatic carbocycles. The standard InChI is InChI=1S/C15H18N2O2/c1-10(2)14(9-15(18)19)17-13-7-8-16-12-6-4-3-5-11(12)13/h3-8,10,14H,9H2,1-2H3,(H,16,17)(H,18,19). The van der Waals surface area contributed by atoms with Gasteiger partial charge < -0.3 is 10.4 Å². The van der Waals surface area contributed by atoms with Crippen molar-refractivity contribution in [3.05, 3.63) is 36.5 Å². The van der Waals surface area contributed by atoms with Crippen LogP contribution in [0.25, 0.3) is 10.9 Å². The second-order valence-electron chi connectivity index (χ2n) is 4.97. The first-order valence-corrected chi connectivity index (χ1v) is 6.40. The first-order chi connectivity index (χ1) is 9.08. The molecule has 2 N–H and O–H groups in total. The van der Waals surface area contributed by atoms with Gasteiger partial charge in [-0.15, -0.1) is 0 Å². The molecule has 100 valence electrons. The highest BCUT2D eigenvalue weighted by molar-refractivity contribution is 5.91. The zero-order valence-electron chi connectivity index (χ0n) is 11.1. The topological polar surface area (TPSA) is 62.2 Å². The van der Waals surface area contributed by atoms with Crippen LogP contribution in [0.1, 0.15) is 20.3 Å². The SMILES string of the molecule is CC(C)C(CC(=O)O)Nc1ccnc2ccccc12. The van der Waals surface area contributed by atoms with Crippen molar-refractivity contribution in [2.75, 3.05) is 5.32 Å². The first-order valence-electron chi connectivity index (χ1n) is 6.40. The lowest BCUT2D eigenvalue weighted by molar-refractivity contribution is -0.137. The Morgan fingerprint density at radius 2 is 2.05 bits per heavy atom. The second kappa shape index (κ2) is 5.69. The summed E-state index contributed by atoms with van der Waals surface area (Å²) in [5, 5.41) is 13.3. The van der Waals surface area contributed by atoms with E-state index >= 15 is 0 Å². The molecule has 0 saturated carbocycles. The maximum atomic E-state index is 10.9. The van der Waals surface area contributed by atoms with Crippen molar-refractivity contribution in [2.45, 2.75) is 26.3 Å². The molecule has 1 aromatic heterocycles. The van der Waals surface area contributed by atoms with Gasteiger partial charge in [-0.05, 0) is 18.1 Å². The van der Waals surface area contributed by atoms with E-state index in [1.54, 1.807) is 6.20 Å². The molecule has 1 unspecified atom stereocenters. The molecule has 0 amide bonds. The average Bonchev–Trinajstić information content (AvgIpc) is 2.37. The molecule has 0 aliphatic heterocycles. The number of para-hydroxylation sites is 1. The van der Waals surface area contributed by atoms with Gasteiger partial charge in [0.15, 0.2) is 0 Å². The van der Waals surface area contributed by atoms with Crippen LogP contribution in [0.5, 0.6) is 0 Å². The van der Waals surface area contributed by atoms with E-state index in [1.807, 2.05) is 44.2 Å². The normalized spacial score (nSPS) is 12.6. The predicted octanol–water partition coefficient (Wildman–Crippen LogP) is 3.15. The lowest BCUT2D eigenvalue weighted by Crippen LogP contribution is -2.28. The van der Waals surface area contributed by atoms with E-state index in [-0.39, 0.29) is 18.4 Å². The Balaban J connectivity index is 2.31. The fourth-order valence-corrected chi connectivity index (χ4v) is 2.06. The van der Waals surface area contributed by atoms with Crippen LogP contribution in [0, 0.1) is 5.92 Å². The summed E-state index contributed by atoms with van der Waals surface area (Å²) in [6.07, 6.45) is 1.84. The van der Waals surface area contributed by atoms with Gasteiger partial charge in [-0.1, -0.05) is 32.0 Å². The van der Waals surface area contributed by atoms with Crippen molar-refractivity contribution in [1.29, 1.82) is 0 Å². The van der Waals surface area contributed by atoms with E-state index in [9.17, 15) is 4.79 Å². The number of anilines is 1. The zero-order chi connectivity index (χ0) is 13.8. The molecule has 1 atom stereocenters. The van der Waals surface area contributed by atoms with Gasteiger partial charge in [-0.3, -0.25) is 9.78 Å². The highest BCUT2D eigenvalue weighted by Crippen LogP contribution is 2.23. The van der Waals surface area contributed by atoms with Crippen LogP contribution >= 0.6 is 0 Å². The van der Waals surface area contributed by atoms with Crippen LogP contribution in [-0.2, 0) is 4.79 Å². The average molecular weight is 258 g/mol. The minimum absolute atomic E-state index is 0.0942. The number of rotatable bonds is 5. The first kappa shape index (κ1) is 13.3. The van der Waals surface area contributed by atoms with Crippen LogP contribution in [0.2, 0.25) is 0 Å². The molecule has 0 spiro atoms. The lowest BCUT2D eigenvalue weighted by atomic mass is 10.00. The summed E-state index contributed by atoms with van der Waals surface area (Å²) in [6.45, 7) is 4.04. The van der Waals surface area contributed by atoms with E-state index in [1.165, 1.54) is 0 Å². The number of nitrogens with zero attached hydrogens (tertiary/aromatic N) is 1. The number of carboxylic acids is 1. The van der Waals surface area contributed by atoms with Gasteiger partial charge in [0.25, 0.3) is 0 Å². The second-order valence-corrected chi connectivity index (χ2v) is 4.97. The Morgan fingerprint density at radius 3 is 2.74 bits per heavy atom. The molecule has 0 radical (unpaired) electrons. The van der Waals surface area contributed by atoms with Gasteiger partial charge >= 0.3 is 5.97 Å². The quantitative estimate of drug-likeness (QED) is 0.864. The van der Waals surface area contributed by atoms with Crippen molar-refractivity contribution in [3.63, 3.8) is 0 Å². The maximum Gasteiger partial charge on any atom is 0.305 e. The summed E-state index contributed by atoms with van der Waals surface area (Å²) < 4.78 is 0. The Hall–Kier alpha value is -2.10. The number of benzene rings is 1. The third-order valence-electron chi connectivity index (χ3n) is 3.19. The Kier molecular flexibility index (Phi) is 4.00. The monoisotopic (exact) mass is 258 g/mol. The minimum Gasteiger partial charge on any atom is -0.481 e. The molecule has 4 heteroatoms. The fraction of sp³-hybridized carbons (Fsp3) is 0.333. The number of nitrogens with one attached hydrogen (secondary N) is 1. The molecular formula is C15H18N2O2. The largest absolute Gasteiger partial charge is 0.481 e. The molecule has 19 heavy (non-hydrogen) atoms. The Morgan fingerprint density at radius 1 is 1.32 bits per heavy atom. The summed E-state index contributed by atoms with van der Waals surface area (Å²) in [7, 11) is 0. The minimum atomic E-state index is -0.787. The smallest absolute Gasteiger partial charge is 0.305 e. The number of hydrogen-bond donors (Lipinski definition) is 2. The number of carbonyl (C=O) groups is 1. The van der Waals surface area contributed by atoms with E-state index in [4.69, 9.17) is 5.11 Å². The van der Waals surface area contributed by atoms with Gasteiger partial charge in [0.05, 0.1) is 11.9 Å². The molecule has 0 aliphatic rings. The number of aromatic nitrogens is 1. The van der Waals surface area contributed by atoms with Crippen molar-refractivity contribution in [2.24, 2.45) is 5.92 Å². The Labute approximate surface area is 112 Å². The highest BCUT2D eigenvalue weighted by Gasteiger charge is 2.17. The number of fused-ring (bicyclic) bond motifs is 1. The van der Waals surface area contributed by atoms with Crippen molar-refractivity contribution < 1.29 is 9.90 Å². The number of hydrogen-bond acceptors (Lipinski definition) is 3. The maximum absolute atomic E-state index is 10.9. The molecule has 0 bridgehead atoms.